The van der Waals surface area contributed by atoms with E-state index in [0.29, 0.717) is 11.7 Å². The third-order valence-corrected chi connectivity index (χ3v) is 4.56. The van der Waals surface area contributed by atoms with Crippen LogP contribution in [0.2, 0.25) is 0 Å². The molecule has 8 heteroatoms. The number of hydrogen-bond acceptors (Lipinski definition) is 4. The summed E-state index contributed by atoms with van der Waals surface area (Å²) in [7, 11) is 0. The third-order valence-electron chi connectivity index (χ3n) is 4.56. The fourth-order valence-corrected chi connectivity index (χ4v) is 3.02. The molecular formula is C21H30IN5O2. The number of halogens is 1. The summed E-state index contributed by atoms with van der Waals surface area (Å²) in [5, 5.41) is 17.2. The summed E-state index contributed by atoms with van der Waals surface area (Å²) in [6, 6.07) is 11.8. The van der Waals surface area contributed by atoms with Crippen molar-refractivity contribution in [3.05, 3.63) is 54.2 Å². The number of aliphatic imine (C=N–C) groups is 1. The van der Waals surface area contributed by atoms with Crippen LogP contribution in [-0.4, -0.2) is 40.3 Å². The highest BCUT2D eigenvalue weighted by molar-refractivity contribution is 14.0. The molecule has 2 heterocycles. The van der Waals surface area contributed by atoms with Gasteiger partial charge in [0.25, 0.3) is 0 Å². The monoisotopic (exact) mass is 511 g/mol. The summed E-state index contributed by atoms with van der Waals surface area (Å²) in [4.78, 5) is 8.94. The summed E-state index contributed by atoms with van der Waals surface area (Å²) >= 11 is 0. The number of guanidine groups is 1. The number of nitrogens with one attached hydrogen (secondary N) is 2. The normalized spacial score (nSPS) is 13.7. The molecule has 3 aromatic rings. The quantitative estimate of drug-likeness (QED) is 0.187. The number of nitrogens with zero attached hydrogens (tertiary/aromatic N) is 3. The summed E-state index contributed by atoms with van der Waals surface area (Å²) in [5.74, 6) is 1.98. The first-order valence-electron chi connectivity index (χ1n) is 9.71. The number of benzene rings is 1. The molecule has 1 unspecified atom stereocenters. The largest absolute Gasteiger partial charge is 0.463 e. The van der Waals surface area contributed by atoms with Gasteiger partial charge in [0.15, 0.2) is 5.96 Å². The van der Waals surface area contributed by atoms with Crippen LogP contribution in [0.4, 0.5) is 0 Å². The molecule has 3 N–H and O–H groups in total. The maximum atomic E-state index is 10.6. The third kappa shape index (κ3) is 6.20. The Kier molecular flexibility index (Phi) is 8.51. The van der Waals surface area contributed by atoms with Crippen molar-refractivity contribution in [3.8, 4) is 0 Å². The average Bonchev–Trinajstić information content (AvgIpc) is 3.30. The SMILES string of the molecule is CCNC(=NCC(C)(O)c1ccc(C)o1)NCCCn1cnc2ccccc21.I. The van der Waals surface area contributed by atoms with Crippen LogP contribution >= 0.6 is 24.0 Å². The molecule has 0 fully saturated rings. The van der Waals surface area contributed by atoms with Gasteiger partial charge < -0.3 is 24.7 Å². The van der Waals surface area contributed by atoms with Crippen molar-refractivity contribution < 1.29 is 9.52 Å². The van der Waals surface area contributed by atoms with Gasteiger partial charge in [0.1, 0.15) is 17.1 Å². The van der Waals surface area contributed by atoms with Crippen molar-refractivity contribution in [1.82, 2.24) is 20.2 Å². The van der Waals surface area contributed by atoms with Crippen molar-refractivity contribution >= 4 is 41.0 Å². The predicted molar refractivity (Wildman–Crippen MR) is 127 cm³/mol. The van der Waals surface area contributed by atoms with Gasteiger partial charge in [0.05, 0.1) is 23.9 Å². The van der Waals surface area contributed by atoms with Gasteiger partial charge >= 0.3 is 0 Å². The van der Waals surface area contributed by atoms with Crippen molar-refractivity contribution in [2.24, 2.45) is 4.99 Å². The minimum absolute atomic E-state index is 0. The van der Waals surface area contributed by atoms with Crippen molar-refractivity contribution in [3.63, 3.8) is 0 Å². The number of para-hydroxylation sites is 2. The van der Waals surface area contributed by atoms with Gasteiger partial charge in [-0.2, -0.15) is 0 Å². The van der Waals surface area contributed by atoms with E-state index in [2.05, 4.69) is 31.2 Å². The number of aromatic nitrogens is 2. The number of aryl methyl sites for hydroxylation is 2. The summed E-state index contributed by atoms with van der Waals surface area (Å²) in [5.41, 5.74) is 1.01. The lowest BCUT2D eigenvalue weighted by Gasteiger charge is -2.19. The Labute approximate surface area is 188 Å². The zero-order chi connectivity index (χ0) is 20.0. The molecule has 0 bridgehead atoms. The molecule has 1 atom stereocenters. The number of hydrogen-bond donors (Lipinski definition) is 3. The molecule has 29 heavy (non-hydrogen) atoms. The van der Waals surface area contributed by atoms with Gasteiger partial charge in [0, 0.05) is 19.6 Å². The molecule has 0 saturated heterocycles. The molecule has 1 aromatic carbocycles. The topological polar surface area (TPSA) is 87.6 Å². The molecular weight excluding hydrogens is 481 g/mol. The molecule has 0 aliphatic heterocycles. The van der Waals surface area contributed by atoms with Crippen molar-refractivity contribution in [2.45, 2.75) is 39.3 Å². The van der Waals surface area contributed by atoms with Crippen LogP contribution in [-0.2, 0) is 12.1 Å². The standard InChI is InChI=1S/C21H29N5O2.HI/c1-4-22-20(24-14-21(3,27)19-11-10-16(2)28-19)23-12-7-13-26-15-25-17-8-5-6-9-18(17)26;/h5-6,8-11,15,27H,4,7,12-14H2,1-3H3,(H2,22,23,24);1H. The van der Waals surface area contributed by atoms with E-state index in [0.717, 1.165) is 42.8 Å². The molecule has 0 amide bonds. The Morgan fingerprint density at radius 1 is 1.24 bits per heavy atom. The van der Waals surface area contributed by atoms with E-state index < -0.39 is 5.60 Å². The molecule has 158 valence electrons. The van der Waals surface area contributed by atoms with Crippen LogP contribution in [0.1, 0.15) is 31.8 Å². The Hall–Kier alpha value is -2.07. The smallest absolute Gasteiger partial charge is 0.191 e. The second-order valence-electron chi connectivity index (χ2n) is 7.09. The Bertz CT molecular complexity index is 932. The van der Waals surface area contributed by atoms with E-state index in [9.17, 15) is 5.11 Å². The number of aliphatic hydroxyl groups is 1. The molecule has 0 aliphatic rings. The molecule has 2 aromatic heterocycles. The molecule has 3 rings (SSSR count). The number of rotatable bonds is 8. The van der Waals surface area contributed by atoms with Crippen LogP contribution < -0.4 is 10.6 Å². The van der Waals surface area contributed by atoms with Crippen LogP contribution in [0.3, 0.4) is 0 Å². The summed E-state index contributed by atoms with van der Waals surface area (Å²) in [6.45, 7) is 8.18. The van der Waals surface area contributed by atoms with Gasteiger partial charge in [-0.3, -0.25) is 0 Å². The molecule has 0 spiro atoms. The van der Waals surface area contributed by atoms with E-state index in [1.54, 1.807) is 13.0 Å². The summed E-state index contributed by atoms with van der Waals surface area (Å²) < 4.78 is 7.70. The summed E-state index contributed by atoms with van der Waals surface area (Å²) in [6.07, 6.45) is 2.81. The highest BCUT2D eigenvalue weighted by Gasteiger charge is 2.26. The maximum absolute atomic E-state index is 10.6. The fraction of sp³-hybridized carbons (Fsp3) is 0.429. The first-order valence-corrected chi connectivity index (χ1v) is 9.71. The van der Waals surface area contributed by atoms with Gasteiger partial charge in [-0.1, -0.05) is 12.1 Å². The Balaban J connectivity index is 0.00000300. The Morgan fingerprint density at radius 2 is 2.03 bits per heavy atom. The molecule has 7 nitrogen and oxygen atoms in total. The van der Waals surface area contributed by atoms with Crippen LogP contribution in [0.5, 0.6) is 0 Å². The lowest BCUT2D eigenvalue weighted by Crippen LogP contribution is -2.39. The van der Waals surface area contributed by atoms with Crippen LogP contribution in [0.25, 0.3) is 11.0 Å². The lowest BCUT2D eigenvalue weighted by atomic mass is 10.0. The maximum Gasteiger partial charge on any atom is 0.191 e. The van der Waals surface area contributed by atoms with Crippen molar-refractivity contribution in [1.29, 1.82) is 0 Å². The average molecular weight is 511 g/mol. The number of furan rings is 1. The fourth-order valence-electron chi connectivity index (χ4n) is 3.02. The van der Waals surface area contributed by atoms with E-state index >= 15 is 0 Å². The molecule has 0 saturated carbocycles. The Morgan fingerprint density at radius 3 is 2.76 bits per heavy atom. The van der Waals surface area contributed by atoms with E-state index in [-0.39, 0.29) is 30.5 Å². The number of imidazole rings is 1. The zero-order valence-corrected chi connectivity index (χ0v) is 19.5. The minimum Gasteiger partial charge on any atom is -0.463 e. The van der Waals surface area contributed by atoms with E-state index in [1.165, 1.54) is 0 Å². The van der Waals surface area contributed by atoms with E-state index in [4.69, 9.17) is 4.42 Å². The molecule has 0 aliphatic carbocycles. The highest BCUT2D eigenvalue weighted by Crippen LogP contribution is 2.23. The second kappa shape index (κ2) is 10.6. The lowest BCUT2D eigenvalue weighted by molar-refractivity contribution is 0.0428. The van der Waals surface area contributed by atoms with Crippen molar-refractivity contribution in [2.75, 3.05) is 19.6 Å². The molecule has 0 radical (unpaired) electrons. The zero-order valence-electron chi connectivity index (χ0n) is 17.2. The van der Waals surface area contributed by atoms with Gasteiger partial charge in [-0.05, 0) is 51.5 Å². The number of fused-ring (bicyclic) bond motifs is 1. The predicted octanol–water partition coefficient (Wildman–Crippen LogP) is 3.41. The first kappa shape index (κ1) is 23.2. The highest BCUT2D eigenvalue weighted by atomic mass is 127. The van der Waals surface area contributed by atoms with Crippen LogP contribution in [0, 0.1) is 6.92 Å². The van der Waals surface area contributed by atoms with E-state index in [1.807, 2.05) is 44.4 Å². The van der Waals surface area contributed by atoms with Gasteiger partial charge in [0.2, 0.25) is 0 Å². The van der Waals surface area contributed by atoms with Gasteiger partial charge in [-0.15, -0.1) is 24.0 Å². The minimum atomic E-state index is -1.15. The second-order valence-corrected chi connectivity index (χ2v) is 7.09. The van der Waals surface area contributed by atoms with Gasteiger partial charge in [-0.25, -0.2) is 9.98 Å². The first-order chi connectivity index (χ1) is 13.5. The van der Waals surface area contributed by atoms with Crippen LogP contribution in [0.15, 0.2) is 52.1 Å².